The first-order valence-corrected chi connectivity index (χ1v) is 13.4. The Balaban J connectivity index is 1.62. The van der Waals surface area contributed by atoms with Crippen LogP contribution in [0.5, 0.6) is 0 Å². The van der Waals surface area contributed by atoms with Crippen molar-refractivity contribution in [2.45, 2.75) is 32.9 Å². The summed E-state index contributed by atoms with van der Waals surface area (Å²) in [5.41, 5.74) is 8.11. The van der Waals surface area contributed by atoms with Gasteiger partial charge in [0.25, 0.3) is 0 Å². The quantitative estimate of drug-likeness (QED) is 0.262. The highest BCUT2D eigenvalue weighted by molar-refractivity contribution is 7.80. The third-order valence-corrected chi connectivity index (χ3v) is 7.72. The summed E-state index contributed by atoms with van der Waals surface area (Å²) in [4.78, 5) is 18.8. The van der Waals surface area contributed by atoms with Crippen molar-refractivity contribution in [1.29, 1.82) is 0 Å². The molecule has 5 rings (SSSR count). The van der Waals surface area contributed by atoms with E-state index in [1.54, 1.807) is 6.20 Å². The van der Waals surface area contributed by atoms with E-state index < -0.39 is 0 Å². The smallest absolute Gasteiger partial charge is 0.250 e. The number of benzene rings is 2. The molecule has 1 aliphatic rings. The predicted octanol–water partition coefficient (Wildman–Crippen LogP) is 6.21. The number of hydrogen-bond acceptors (Lipinski definition) is 4. The molecule has 1 fully saturated rings. The molecule has 3 heterocycles. The molecule has 200 valence electrons. The number of thiocarbonyl (C=S) groups is 1. The van der Waals surface area contributed by atoms with Gasteiger partial charge in [0.15, 0.2) is 5.11 Å². The first-order valence-electron chi connectivity index (χ1n) is 12.6. The fourth-order valence-corrected chi connectivity index (χ4v) is 5.93. The van der Waals surface area contributed by atoms with Gasteiger partial charge in [0.2, 0.25) is 5.91 Å². The maximum atomic E-state index is 12.0. The van der Waals surface area contributed by atoms with Gasteiger partial charge in [-0.3, -0.25) is 9.78 Å². The van der Waals surface area contributed by atoms with E-state index in [0.29, 0.717) is 15.8 Å². The molecule has 0 spiro atoms. The lowest BCUT2D eigenvalue weighted by atomic mass is 9.93. The number of pyridine rings is 1. The number of rotatable bonds is 7. The summed E-state index contributed by atoms with van der Waals surface area (Å²) in [5.74, 6) is -0.208. The summed E-state index contributed by atoms with van der Waals surface area (Å²) in [6.07, 6.45) is 1.80. The van der Waals surface area contributed by atoms with E-state index in [1.807, 2.05) is 60.7 Å². The highest BCUT2D eigenvalue weighted by Crippen LogP contribution is 2.45. The highest BCUT2D eigenvalue weighted by Gasteiger charge is 2.43. The maximum Gasteiger partial charge on any atom is 0.250 e. The van der Waals surface area contributed by atoms with Crippen molar-refractivity contribution >= 4 is 46.2 Å². The first kappa shape index (κ1) is 26.9. The Morgan fingerprint density at radius 2 is 1.82 bits per heavy atom. The van der Waals surface area contributed by atoms with E-state index in [-0.39, 0.29) is 24.6 Å². The second kappa shape index (κ2) is 11.2. The highest BCUT2D eigenvalue weighted by atomic mass is 35.5. The topological polar surface area (TPSA) is 71.4 Å². The summed E-state index contributed by atoms with van der Waals surface area (Å²) >= 11 is 12.3. The summed E-state index contributed by atoms with van der Waals surface area (Å²) < 4.78 is 7.17. The molecule has 1 amide bonds. The minimum atomic E-state index is -0.208. The maximum absolute atomic E-state index is 12.0. The summed E-state index contributed by atoms with van der Waals surface area (Å²) in [5, 5.41) is 7.69. The zero-order valence-corrected chi connectivity index (χ0v) is 23.8. The lowest BCUT2D eigenvalue weighted by Gasteiger charge is -2.29. The number of anilines is 2. The number of hydrogen-bond donors (Lipinski definition) is 2. The van der Waals surface area contributed by atoms with Crippen LogP contribution in [-0.4, -0.2) is 34.3 Å². The van der Waals surface area contributed by atoms with Crippen LogP contribution in [0.4, 0.5) is 11.4 Å². The van der Waals surface area contributed by atoms with E-state index in [4.69, 9.17) is 28.6 Å². The van der Waals surface area contributed by atoms with Gasteiger partial charge in [0.05, 0.1) is 17.8 Å². The zero-order valence-electron chi connectivity index (χ0n) is 22.2. The third kappa shape index (κ3) is 5.15. The van der Waals surface area contributed by atoms with Gasteiger partial charge >= 0.3 is 0 Å². The molecule has 2 atom stereocenters. The fourth-order valence-electron chi connectivity index (χ4n) is 5.40. The molecule has 2 aromatic carbocycles. The molecule has 0 aliphatic carbocycles. The molecule has 2 aromatic heterocycles. The number of nitrogens with zero attached hydrogens (tertiary/aromatic N) is 3. The molecule has 1 saturated heterocycles. The predicted molar refractivity (Wildman–Crippen MR) is 160 cm³/mol. The van der Waals surface area contributed by atoms with Gasteiger partial charge in [-0.15, -0.1) is 0 Å². The van der Waals surface area contributed by atoms with Crippen molar-refractivity contribution in [3.63, 3.8) is 0 Å². The zero-order chi connectivity index (χ0) is 27.7. The first-order chi connectivity index (χ1) is 18.8. The third-order valence-electron chi connectivity index (χ3n) is 7.17. The Morgan fingerprint density at radius 3 is 2.49 bits per heavy atom. The van der Waals surface area contributed by atoms with Gasteiger partial charge in [-0.2, -0.15) is 0 Å². The molecule has 1 aliphatic heterocycles. The standard InChI is InChI=1S/C30H30ClN5O2S/c1-18-19(2)35(24-9-7-8-21(31)16-24)20(3)27(18)29-28(25-10-5-6-15-32-25)34-30(39)36(29)23-13-11-22(12-14-23)33-26(37)17-38-4/h5-16,28-29H,17H2,1-4H3,(H,33,37)(H,34,39)/t28-,29+/m1/s1. The Hall–Kier alpha value is -3.72. The second-order valence-electron chi connectivity index (χ2n) is 9.55. The molecule has 7 nitrogen and oxygen atoms in total. The van der Waals surface area contributed by atoms with Gasteiger partial charge in [0.1, 0.15) is 6.61 Å². The van der Waals surface area contributed by atoms with Crippen molar-refractivity contribution in [1.82, 2.24) is 14.9 Å². The Labute approximate surface area is 238 Å². The second-order valence-corrected chi connectivity index (χ2v) is 10.4. The molecule has 39 heavy (non-hydrogen) atoms. The molecular formula is C30H30ClN5O2S. The largest absolute Gasteiger partial charge is 0.375 e. The Kier molecular flexibility index (Phi) is 7.70. The van der Waals surface area contributed by atoms with Crippen molar-refractivity contribution < 1.29 is 9.53 Å². The van der Waals surface area contributed by atoms with Gasteiger partial charge in [-0.05, 0) is 93.1 Å². The van der Waals surface area contributed by atoms with E-state index in [9.17, 15) is 4.79 Å². The van der Waals surface area contributed by atoms with E-state index in [2.05, 4.69) is 51.9 Å². The molecule has 4 aromatic rings. The van der Waals surface area contributed by atoms with Crippen molar-refractivity contribution in [2.75, 3.05) is 23.9 Å². The number of carbonyl (C=O) groups is 1. The van der Waals surface area contributed by atoms with E-state index in [1.165, 1.54) is 18.2 Å². The van der Waals surface area contributed by atoms with Crippen molar-refractivity contribution in [3.05, 3.63) is 106 Å². The van der Waals surface area contributed by atoms with Crippen molar-refractivity contribution in [2.24, 2.45) is 0 Å². The average molecular weight is 560 g/mol. The monoisotopic (exact) mass is 559 g/mol. The van der Waals surface area contributed by atoms with Crippen molar-refractivity contribution in [3.8, 4) is 5.69 Å². The lowest BCUT2D eigenvalue weighted by molar-refractivity contribution is -0.119. The number of methoxy groups -OCH3 is 1. The normalized spacial score (nSPS) is 16.8. The number of carbonyl (C=O) groups excluding carboxylic acids is 1. The summed E-state index contributed by atoms with van der Waals surface area (Å²) in [6, 6.07) is 21.2. The lowest BCUT2D eigenvalue weighted by Crippen LogP contribution is -2.29. The summed E-state index contributed by atoms with van der Waals surface area (Å²) in [7, 11) is 1.49. The Bertz CT molecular complexity index is 1520. The van der Waals surface area contributed by atoms with Crippen LogP contribution in [0.3, 0.4) is 0 Å². The molecule has 0 saturated carbocycles. The number of aromatic nitrogens is 2. The molecule has 0 unspecified atom stereocenters. The van der Waals surface area contributed by atoms with Crippen LogP contribution in [0.25, 0.3) is 5.69 Å². The Morgan fingerprint density at radius 1 is 1.05 bits per heavy atom. The van der Waals surface area contributed by atoms with Gasteiger partial charge < -0.3 is 24.8 Å². The van der Waals surface area contributed by atoms with E-state index >= 15 is 0 Å². The van der Waals surface area contributed by atoms with Crippen LogP contribution in [0, 0.1) is 20.8 Å². The molecule has 9 heteroatoms. The van der Waals surface area contributed by atoms with Crippen LogP contribution in [0.2, 0.25) is 5.02 Å². The van der Waals surface area contributed by atoms with Crippen LogP contribution >= 0.6 is 23.8 Å². The SMILES string of the molecule is COCC(=O)Nc1ccc(N2C(=S)N[C@H](c3ccccn3)[C@@H]2c2c(C)c(C)n(-c3cccc(Cl)c3)c2C)cc1. The van der Waals surface area contributed by atoms with E-state index in [0.717, 1.165) is 28.5 Å². The molecule has 0 bridgehead atoms. The van der Waals surface area contributed by atoms with Gasteiger partial charge in [-0.1, -0.05) is 23.7 Å². The van der Waals surface area contributed by atoms with Crippen LogP contribution in [-0.2, 0) is 9.53 Å². The minimum absolute atomic E-state index is 0.00275. The van der Waals surface area contributed by atoms with Crippen LogP contribution in [0.1, 0.15) is 40.3 Å². The number of nitrogens with one attached hydrogen (secondary N) is 2. The average Bonchev–Trinajstić information content (AvgIpc) is 3.37. The minimum Gasteiger partial charge on any atom is -0.375 e. The molecule has 0 radical (unpaired) electrons. The molecule has 2 N–H and O–H groups in total. The van der Waals surface area contributed by atoms with Crippen LogP contribution in [0.15, 0.2) is 72.9 Å². The summed E-state index contributed by atoms with van der Waals surface area (Å²) in [6.45, 7) is 6.42. The van der Waals surface area contributed by atoms with Gasteiger partial charge in [0, 0.05) is 52.3 Å². The number of amides is 1. The number of halogens is 1. The fraction of sp³-hybridized carbons (Fsp3) is 0.233. The van der Waals surface area contributed by atoms with Gasteiger partial charge in [-0.25, -0.2) is 0 Å². The van der Waals surface area contributed by atoms with Crippen LogP contribution < -0.4 is 15.5 Å². The molecular weight excluding hydrogens is 530 g/mol. The number of ether oxygens (including phenoxy) is 1.